The van der Waals surface area contributed by atoms with Crippen LogP contribution in [-0.4, -0.2) is 58.6 Å². The van der Waals surface area contributed by atoms with Crippen LogP contribution in [0.1, 0.15) is 28.2 Å². The van der Waals surface area contributed by atoms with E-state index in [1.165, 1.54) is 0 Å². The van der Waals surface area contributed by atoms with Gasteiger partial charge in [-0.25, -0.2) is 0 Å². The number of benzene rings is 2. The molecule has 4 aromatic rings. The lowest BCUT2D eigenvalue weighted by atomic mass is 10.1. The Morgan fingerprint density at radius 2 is 1.89 bits per heavy atom. The number of carbonyl (C=O) groups is 1. The van der Waals surface area contributed by atoms with Gasteiger partial charge in [-0.2, -0.15) is 10.2 Å². The molecule has 182 valence electrons. The van der Waals surface area contributed by atoms with E-state index in [9.17, 15) is 4.79 Å². The van der Waals surface area contributed by atoms with Gasteiger partial charge in [0.05, 0.1) is 16.5 Å². The Kier molecular flexibility index (Phi) is 7.36. The summed E-state index contributed by atoms with van der Waals surface area (Å²) >= 11 is 1.60. The van der Waals surface area contributed by atoms with Gasteiger partial charge in [0.25, 0.3) is 5.91 Å². The van der Waals surface area contributed by atoms with Crippen molar-refractivity contribution < 1.29 is 14.1 Å². The Hall–Kier alpha value is -4.00. The number of hydrogen-bond donors (Lipinski definition) is 0. The number of nitrogens with zero attached hydrogens (tertiary/aromatic N) is 5. The minimum absolute atomic E-state index is 0.00638. The Balaban J connectivity index is 1.08. The summed E-state index contributed by atoms with van der Waals surface area (Å²) in [7, 11) is 0. The molecule has 9 heteroatoms. The number of nitriles is 1. The van der Waals surface area contributed by atoms with Gasteiger partial charge in [0.2, 0.25) is 11.7 Å². The molecule has 2 aromatic heterocycles. The molecule has 0 saturated carbocycles. The molecular weight excluding hydrogens is 474 g/mol. The third kappa shape index (κ3) is 5.79. The zero-order valence-corrected chi connectivity index (χ0v) is 20.5. The van der Waals surface area contributed by atoms with Gasteiger partial charge in [-0.05, 0) is 66.9 Å². The minimum Gasteiger partial charge on any atom is -0.457 e. The van der Waals surface area contributed by atoms with E-state index in [2.05, 4.69) is 21.1 Å². The molecule has 8 nitrogen and oxygen atoms in total. The van der Waals surface area contributed by atoms with E-state index in [-0.39, 0.29) is 5.91 Å². The van der Waals surface area contributed by atoms with Gasteiger partial charge in [-0.1, -0.05) is 17.3 Å². The minimum atomic E-state index is 0.00638. The predicted molar refractivity (Wildman–Crippen MR) is 136 cm³/mol. The van der Waals surface area contributed by atoms with E-state index in [1.807, 2.05) is 40.6 Å². The molecule has 2 aromatic carbocycles. The average Bonchev–Trinajstić information content (AvgIpc) is 3.62. The fraction of sp³-hybridized carbons (Fsp3) is 0.259. The van der Waals surface area contributed by atoms with Gasteiger partial charge in [0.1, 0.15) is 11.5 Å². The second-order valence-corrected chi connectivity index (χ2v) is 9.44. The van der Waals surface area contributed by atoms with Gasteiger partial charge >= 0.3 is 0 Å². The van der Waals surface area contributed by atoms with Crippen LogP contribution in [0.4, 0.5) is 0 Å². The highest BCUT2D eigenvalue weighted by molar-refractivity contribution is 7.13. The molecule has 36 heavy (non-hydrogen) atoms. The maximum atomic E-state index is 13.1. The summed E-state index contributed by atoms with van der Waals surface area (Å²) in [5, 5.41) is 15.0. The molecule has 1 amide bonds. The Labute approximate surface area is 213 Å². The van der Waals surface area contributed by atoms with Crippen LogP contribution in [0.5, 0.6) is 11.5 Å². The third-order valence-electron chi connectivity index (χ3n) is 6.03. The Morgan fingerprint density at radius 3 is 2.64 bits per heavy atom. The lowest BCUT2D eigenvalue weighted by Crippen LogP contribution is -2.48. The maximum Gasteiger partial charge on any atom is 0.254 e. The molecule has 0 spiro atoms. The van der Waals surface area contributed by atoms with Crippen molar-refractivity contribution in [2.45, 2.75) is 12.8 Å². The molecular formula is C27H25N5O3S. The first kappa shape index (κ1) is 23.7. The van der Waals surface area contributed by atoms with E-state index in [0.717, 1.165) is 37.4 Å². The van der Waals surface area contributed by atoms with E-state index in [0.29, 0.717) is 47.4 Å². The van der Waals surface area contributed by atoms with Crippen molar-refractivity contribution in [3.05, 3.63) is 83.1 Å². The van der Waals surface area contributed by atoms with E-state index < -0.39 is 0 Å². The molecule has 0 N–H and O–H groups in total. The molecule has 0 aliphatic carbocycles. The Morgan fingerprint density at radius 1 is 1.06 bits per heavy atom. The number of thiophene rings is 1. The molecule has 0 bridgehead atoms. The van der Waals surface area contributed by atoms with Crippen LogP contribution < -0.4 is 4.74 Å². The van der Waals surface area contributed by atoms with Gasteiger partial charge < -0.3 is 14.2 Å². The van der Waals surface area contributed by atoms with Crippen LogP contribution in [0.15, 0.2) is 70.6 Å². The highest BCUT2D eigenvalue weighted by Crippen LogP contribution is 2.24. The number of aromatic nitrogens is 2. The Bertz CT molecular complexity index is 1340. The van der Waals surface area contributed by atoms with Crippen molar-refractivity contribution in [3.8, 4) is 28.3 Å². The zero-order chi connectivity index (χ0) is 24.7. The van der Waals surface area contributed by atoms with Crippen LogP contribution in [0.2, 0.25) is 0 Å². The molecule has 1 fully saturated rings. The SMILES string of the molecule is N#Cc1ccc(Oc2cccc(C(=O)N3CCN(CCCc4nc(-c5cccs5)no4)CC3)c2)cc1. The second kappa shape index (κ2) is 11.2. The second-order valence-electron chi connectivity index (χ2n) is 8.49. The summed E-state index contributed by atoms with van der Waals surface area (Å²) in [5.74, 6) is 2.53. The van der Waals surface area contributed by atoms with Crippen molar-refractivity contribution in [3.63, 3.8) is 0 Å². The summed E-state index contributed by atoms with van der Waals surface area (Å²) in [4.78, 5) is 22.8. The highest BCUT2D eigenvalue weighted by atomic mass is 32.1. The number of hydrogen-bond acceptors (Lipinski definition) is 8. The van der Waals surface area contributed by atoms with Crippen molar-refractivity contribution in [1.82, 2.24) is 19.9 Å². The van der Waals surface area contributed by atoms with Crippen LogP contribution in [0.25, 0.3) is 10.7 Å². The van der Waals surface area contributed by atoms with Gasteiger partial charge in [-0.15, -0.1) is 11.3 Å². The quantitative estimate of drug-likeness (QED) is 0.342. The van der Waals surface area contributed by atoms with Crippen LogP contribution in [0, 0.1) is 11.3 Å². The van der Waals surface area contributed by atoms with Crippen molar-refractivity contribution in [2.24, 2.45) is 0 Å². The topological polar surface area (TPSA) is 95.5 Å². The number of amides is 1. The molecule has 0 radical (unpaired) electrons. The first-order valence-electron chi connectivity index (χ1n) is 11.8. The fourth-order valence-electron chi connectivity index (χ4n) is 4.10. The number of carbonyl (C=O) groups excluding carboxylic acids is 1. The number of piperazine rings is 1. The normalized spacial score (nSPS) is 13.9. The van der Waals surface area contributed by atoms with Crippen LogP contribution >= 0.6 is 11.3 Å². The predicted octanol–water partition coefficient (Wildman–Crippen LogP) is 4.85. The molecule has 0 atom stereocenters. The molecule has 1 aliphatic heterocycles. The van der Waals surface area contributed by atoms with Crippen molar-refractivity contribution in [1.29, 1.82) is 5.26 Å². The molecule has 0 unspecified atom stereocenters. The fourth-order valence-corrected chi connectivity index (χ4v) is 4.75. The maximum absolute atomic E-state index is 13.1. The van der Waals surface area contributed by atoms with Gasteiger partial charge in [-0.3, -0.25) is 9.69 Å². The average molecular weight is 500 g/mol. The summed E-state index contributed by atoms with van der Waals surface area (Å²) in [6.07, 6.45) is 1.66. The van der Waals surface area contributed by atoms with Crippen LogP contribution in [-0.2, 0) is 6.42 Å². The zero-order valence-electron chi connectivity index (χ0n) is 19.7. The lowest BCUT2D eigenvalue weighted by Gasteiger charge is -2.34. The first-order chi connectivity index (χ1) is 17.7. The number of aryl methyl sites for hydroxylation is 1. The van der Waals surface area contributed by atoms with Gasteiger partial charge in [0.15, 0.2) is 0 Å². The summed E-state index contributed by atoms with van der Waals surface area (Å²) in [6.45, 7) is 3.95. The standard InChI is InChI=1S/C27H25N5O3S/c28-19-20-8-10-22(11-9-20)34-23-5-1-4-21(18-23)27(33)32-15-13-31(14-16-32)12-2-7-25-29-26(30-35-25)24-6-3-17-36-24/h1,3-6,8-11,17-18H,2,7,12-16H2. The number of rotatable bonds is 8. The molecule has 1 aliphatic rings. The number of ether oxygens (including phenoxy) is 1. The molecule has 1 saturated heterocycles. The molecule has 3 heterocycles. The van der Waals surface area contributed by atoms with E-state index in [4.69, 9.17) is 14.5 Å². The molecule has 5 rings (SSSR count). The van der Waals surface area contributed by atoms with Crippen molar-refractivity contribution in [2.75, 3.05) is 32.7 Å². The lowest BCUT2D eigenvalue weighted by molar-refractivity contribution is 0.0635. The summed E-state index contributed by atoms with van der Waals surface area (Å²) in [5.41, 5.74) is 1.18. The van der Waals surface area contributed by atoms with Crippen LogP contribution in [0.3, 0.4) is 0 Å². The first-order valence-corrected chi connectivity index (χ1v) is 12.7. The smallest absolute Gasteiger partial charge is 0.254 e. The largest absolute Gasteiger partial charge is 0.457 e. The summed E-state index contributed by atoms with van der Waals surface area (Å²) in [6, 6.07) is 20.2. The summed E-state index contributed by atoms with van der Waals surface area (Å²) < 4.78 is 11.3. The van der Waals surface area contributed by atoms with Gasteiger partial charge in [0, 0.05) is 38.2 Å². The highest BCUT2D eigenvalue weighted by Gasteiger charge is 2.22. The monoisotopic (exact) mass is 499 g/mol. The van der Waals surface area contributed by atoms with E-state index in [1.54, 1.807) is 41.7 Å². The van der Waals surface area contributed by atoms with Crippen molar-refractivity contribution >= 4 is 17.2 Å². The third-order valence-corrected chi connectivity index (χ3v) is 6.90. The van der Waals surface area contributed by atoms with E-state index >= 15 is 0 Å².